The van der Waals surface area contributed by atoms with Gasteiger partial charge >= 0.3 is 0 Å². The van der Waals surface area contributed by atoms with Gasteiger partial charge in [-0.3, -0.25) is 4.79 Å². The Hall–Kier alpha value is -3.56. The summed E-state index contributed by atoms with van der Waals surface area (Å²) < 4.78 is 39.6. The minimum absolute atomic E-state index is 0.0332. The summed E-state index contributed by atoms with van der Waals surface area (Å²) in [6.45, 7) is 6.03. The van der Waals surface area contributed by atoms with Crippen molar-refractivity contribution < 1.29 is 22.7 Å². The lowest BCUT2D eigenvalue weighted by molar-refractivity contribution is -0.120. The predicted molar refractivity (Wildman–Crippen MR) is 145 cm³/mol. The second-order valence-electron chi connectivity index (χ2n) is 8.76. The molecule has 3 aromatic rings. The fraction of sp³-hybridized carbons (Fsp3) is 0.321. The van der Waals surface area contributed by atoms with E-state index in [9.17, 15) is 13.2 Å². The van der Waals surface area contributed by atoms with Crippen molar-refractivity contribution in [1.29, 1.82) is 0 Å². The number of carbonyl (C=O) groups is 1. The van der Waals surface area contributed by atoms with Gasteiger partial charge in [0.25, 0.3) is 0 Å². The number of amides is 1. The average molecular weight is 524 g/mol. The zero-order valence-electron chi connectivity index (χ0n) is 21.6. The van der Waals surface area contributed by atoms with Gasteiger partial charge in [-0.05, 0) is 67.8 Å². The Balaban J connectivity index is 1.66. The van der Waals surface area contributed by atoms with Crippen LogP contribution in [-0.2, 0) is 27.8 Å². The van der Waals surface area contributed by atoms with Crippen molar-refractivity contribution in [2.24, 2.45) is 0 Å². The lowest BCUT2D eigenvalue weighted by Crippen LogP contribution is -2.50. The highest BCUT2D eigenvalue weighted by atomic mass is 32.2. The van der Waals surface area contributed by atoms with Crippen molar-refractivity contribution in [2.45, 2.75) is 37.8 Å². The highest BCUT2D eigenvalue weighted by Crippen LogP contribution is 2.34. The first-order chi connectivity index (χ1) is 17.8. The fourth-order valence-corrected chi connectivity index (χ4v) is 6.24. The Morgan fingerprint density at radius 3 is 2.22 bits per heavy atom. The summed E-state index contributed by atoms with van der Waals surface area (Å²) in [7, 11) is -1.10. The zero-order chi connectivity index (χ0) is 26.6. The number of methoxy groups -OCH3 is 2. The lowest BCUT2D eigenvalue weighted by Gasteiger charge is -2.35. The molecule has 0 spiro atoms. The molecule has 0 saturated carbocycles. The van der Waals surface area contributed by atoms with Gasteiger partial charge in [0.2, 0.25) is 15.9 Å². The third-order valence-electron chi connectivity index (χ3n) is 6.73. The first-order valence-corrected chi connectivity index (χ1v) is 13.7. The van der Waals surface area contributed by atoms with Crippen LogP contribution >= 0.6 is 0 Å². The van der Waals surface area contributed by atoms with Crippen molar-refractivity contribution in [3.05, 3.63) is 77.9 Å². The Morgan fingerprint density at radius 2 is 1.59 bits per heavy atom. The molecule has 196 valence electrons. The molecule has 8 nitrogen and oxygen atoms in total. The van der Waals surface area contributed by atoms with Crippen molar-refractivity contribution in [2.75, 3.05) is 37.5 Å². The molecule has 1 heterocycles. The number of anilines is 2. The van der Waals surface area contributed by atoms with Crippen LogP contribution in [0.4, 0.5) is 11.4 Å². The topological polar surface area (TPSA) is 88.2 Å². The van der Waals surface area contributed by atoms with Gasteiger partial charge in [0.05, 0.1) is 19.1 Å². The maximum atomic E-state index is 13.9. The molecule has 4 rings (SSSR count). The molecule has 0 aliphatic carbocycles. The Bertz CT molecular complexity index is 1350. The third-order valence-corrected chi connectivity index (χ3v) is 8.58. The smallest absolute Gasteiger partial charge is 0.244 e. The molecular formula is C28H33N3O5S. The normalized spacial score (nSPS) is 15.5. The number of carbonyl (C=O) groups excluding carboxylic acids is 1. The van der Waals surface area contributed by atoms with Gasteiger partial charge in [0.1, 0.15) is 6.04 Å². The monoisotopic (exact) mass is 523 g/mol. The average Bonchev–Trinajstić information content (AvgIpc) is 2.93. The van der Waals surface area contributed by atoms with E-state index in [1.54, 1.807) is 6.07 Å². The highest BCUT2D eigenvalue weighted by Gasteiger charge is 2.40. The van der Waals surface area contributed by atoms with E-state index in [0.29, 0.717) is 17.2 Å². The second kappa shape index (κ2) is 11.2. The Morgan fingerprint density at radius 1 is 0.946 bits per heavy atom. The molecule has 0 unspecified atom stereocenters. The van der Waals surface area contributed by atoms with Gasteiger partial charge < -0.3 is 19.7 Å². The highest BCUT2D eigenvalue weighted by molar-refractivity contribution is 7.89. The number of ether oxygens (including phenoxy) is 2. The Kier molecular flexibility index (Phi) is 8.04. The number of hydrogen-bond donors (Lipinski definition) is 1. The van der Waals surface area contributed by atoms with Gasteiger partial charge in [-0.25, -0.2) is 8.42 Å². The maximum Gasteiger partial charge on any atom is 0.244 e. The van der Waals surface area contributed by atoms with E-state index >= 15 is 0 Å². The minimum atomic E-state index is -4.04. The summed E-state index contributed by atoms with van der Waals surface area (Å²) in [4.78, 5) is 15.8. The molecule has 1 atom stereocenters. The van der Waals surface area contributed by atoms with Crippen molar-refractivity contribution >= 4 is 27.3 Å². The van der Waals surface area contributed by atoms with Gasteiger partial charge in [-0.1, -0.05) is 24.3 Å². The summed E-state index contributed by atoms with van der Waals surface area (Å²) in [5, 5.41) is 2.93. The third kappa shape index (κ3) is 5.42. The predicted octanol–water partition coefficient (Wildman–Crippen LogP) is 4.30. The first kappa shape index (κ1) is 26.5. The lowest BCUT2D eigenvalue weighted by atomic mass is 9.95. The molecular weight excluding hydrogens is 490 g/mol. The number of sulfonamides is 1. The molecule has 0 bridgehead atoms. The number of benzene rings is 3. The van der Waals surface area contributed by atoms with Crippen LogP contribution in [0.2, 0.25) is 0 Å². The number of hydrogen-bond acceptors (Lipinski definition) is 6. The first-order valence-electron chi connectivity index (χ1n) is 12.3. The fourth-order valence-electron chi connectivity index (χ4n) is 4.66. The van der Waals surface area contributed by atoms with Crippen LogP contribution in [0.15, 0.2) is 71.6 Å². The molecule has 1 aliphatic heterocycles. The molecule has 0 saturated heterocycles. The summed E-state index contributed by atoms with van der Waals surface area (Å²) in [5.41, 5.74) is 3.51. The summed E-state index contributed by atoms with van der Waals surface area (Å²) >= 11 is 0. The van der Waals surface area contributed by atoms with E-state index in [-0.39, 0.29) is 23.8 Å². The van der Waals surface area contributed by atoms with Gasteiger partial charge in [0, 0.05) is 37.1 Å². The largest absolute Gasteiger partial charge is 0.493 e. The van der Waals surface area contributed by atoms with E-state index in [1.165, 1.54) is 30.7 Å². The molecule has 37 heavy (non-hydrogen) atoms. The standard InChI is InChI=1S/C28H33N3O5S/c1-5-30(6-2)23-13-11-22(12-14-23)29-28(32)25-17-20-9-7-8-10-21(20)19-31(25)37(33,34)24-15-16-26(35-3)27(18-24)36-4/h7-16,18,25H,5-6,17,19H2,1-4H3,(H,29,32)/t25-/m0/s1. The van der Waals surface area contributed by atoms with Crippen molar-refractivity contribution in [3.63, 3.8) is 0 Å². The summed E-state index contributed by atoms with van der Waals surface area (Å²) in [6.07, 6.45) is 0.270. The molecule has 0 radical (unpaired) electrons. The molecule has 1 amide bonds. The van der Waals surface area contributed by atoms with Crippen LogP contribution in [0.25, 0.3) is 0 Å². The van der Waals surface area contributed by atoms with Crippen LogP contribution in [0.5, 0.6) is 11.5 Å². The SMILES string of the molecule is CCN(CC)c1ccc(NC(=O)[C@@H]2Cc3ccccc3CN2S(=O)(=O)c2ccc(OC)c(OC)c2)cc1. The number of nitrogens with zero attached hydrogens (tertiary/aromatic N) is 2. The van der Waals surface area contributed by atoms with Crippen LogP contribution in [0.3, 0.4) is 0 Å². The molecule has 1 N–H and O–H groups in total. The number of fused-ring (bicyclic) bond motifs is 1. The van der Waals surface area contributed by atoms with E-state index in [4.69, 9.17) is 9.47 Å². The zero-order valence-corrected chi connectivity index (χ0v) is 22.4. The second-order valence-corrected chi connectivity index (χ2v) is 10.7. The molecule has 1 aliphatic rings. The van der Waals surface area contributed by atoms with E-state index in [0.717, 1.165) is 29.9 Å². The van der Waals surface area contributed by atoms with Gasteiger partial charge in [0.15, 0.2) is 11.5 Å². The van der Waals surface area contributed by atoms with E-state index in [2.05, 4.69) is 24.1 Å². The number of rotatable bonds is 9. The molecule has 3 aromatic carbocycles. The van der Waals surface area contributed by atoms with Gasteiger partial charge in [-0.15, -0.1) is 0 Å². The van der Waals surface area contributed by atoms with E-state index in [1.807, 2.05) is 48.5 Å². The summed E-state index contributed by atoms with van der Waals surface area (Å²) in [5.74, 6) is 0.345. The van der Waals surface area contributed by atoms with Gasteiger partial charge in [-0.2, -0.15) is 4.31 Å². The Labute approximate surface area is 218 Å². The van der Waals surface area contributed by atoms with E-state index < -0.39 is 16.1 Å². The molecule has 9 heteroatoms. The van der Waals surface area contributed by atoms with Crippen molar-refractivity contribution in [1.82, 2.24) is 4.31 Å². The quantitative estimate of drug-likeness (QED) is 0.450. The van der Waals surface area contributed by atoms with Crippen LogP contribution in [0, 0.1) is 0 Å². The van der Waals surface area contributed by atoms with Crippen LogP contribution in [0.1, 0.15) is 25.0 Å². The maximum absolute atomic E-state index is 13.9. The van der Waals surface area contributed by atoms with Crippen molar-refractivity contribution in [3.8, 4) is 11.5 Å². The minimum Gasteiger partial charge on any atom is -0.493 e. The van der Waals surface area contributed by atoms with Crippen LogP contribution in [-0.4, -0.2) is 52.0 Å². The number of nitrogens with one attached hydrogen (secondary N) is 1. The molecule has 0 fully saturated rings. The molecule has 0 aromatic heterocycles. The van der Waals surface area contributed by atoms with Crippen LogP contribution < -0.4 is 19.7 Å². The summed E-state index contributed by atoms with van der Waals surface area (Å²) in [6, 6.07) is 18.7.